The van der Waals surface area contributed by atoms with Crippen molar-refractivity contribution in [3.8, 4) is 12.3 Å². The number of amides is 1. The Hall–Kier alpha value is -1.54. The molecule has 0 aliphatic carbocycles. The molecule has 0 spiro atoms. The minimum atomic E-state index is -0.702. The van der Waals surface area contributed by atoms with Gasteiger partial charge in [-0.05, 0) is 11.6 Å². The molecule has 0 heterocycles. The molecule has 2 nitrogen and oxygen atoms in total. The number of carbonyl (C=O) groups excluding carboxylic acids is 1. The van der Waals surface area contributed by atoms with Crippen molar-refractivity contribution in [2.24, 2.45) is 0 Å². The highest BCUT2D eigenvalue weighted by Crippen LogP contribution is 2.10. The molecule has 0 aromatic heterocycles. The van der Waals surface area contributed by atoms with Gasteiger partial charge >= 0.3 is 0 Å². The first-order chi connectivity index (χ1) is 8.63. The standard InChI is InChI=1S/C13H13F2NOS/c1-2-6-18-7-5-16-13(17)8-10-3-4-11(14)9-12(10)15/h1,3-4,9H,5-8H2,(H,16,17). The summed E-state index contributed by atoms with van der Waals surface area (Å²) in [6.07, 6.45) is 4.98. The molecule has 1 N–H and O–H groups in total. The molecule has 0 radical (unpaired) electrons. The average molecular weight is 269 g/mol. The Morgan fingerprint density at radius 1 is 1.44 bits per heavy atom. The summed E-state index contributed by atoms with van der Waals surface area (Å²) in [6.45, 7) is 0.480. The van der Waals surface area contributed by atoms with Crippen molar-refractivity contribution in [2.75, 3.05) is 18.1 Å². The van der Waals surface area contributed by atoms with Crippen LogP contribution in [0.4, 0.5) is 8.78 Å². The molecule has 0 unspecified atom stereocenters. The van der Waals surface area contributed by atoms with Gasteiger partial charge in [-0.1, -0.05) is 12.0 Å². The Morgan fingerprint density at radius 3 is 2.89 bits per heavy atom. The third-order valence-corrected chi connectivity index (χ3v) is 2.98. The lowest BCUT2D eigenvalue weighted by atomic mass is 10.1. The molecule has 0 fully saturated rings. The molecular formula is C13H13F2NOS. The zero-order valence-corrected chi connectivity index (χ0v) is 10.5. The Morgan fingerprint density at radius 2 is 2.22 bits per heavy atom. The molecule has 0 aliphatic heterocycles. The molecule has 0 saturated carbocycles. The van der Waals surface area contributed by atoms with E-state index in [2.05, 4.69) is 11.2 Å². The molecule has 5 heteroatoms. The Labute approximate surface area is 109 Å². The van der Waals surface area contributed by atoms with Crippen molar-refractivity contribution >= 4 is 17.7 Å². The van der Waals surface area contributed by atoms with Crippen molar-refractivity contribution in [2.45, 2.75) is 6.42 Å². The van der Waals surface area contributed by atoms with E-state index in [0.29, 0.717) is 18.1 Å². The largest absolute Gasteiger partial charge is 0.355 e. The molecule has 0 bridgehead atoms. The van der Waals surface area contributed by atoms with Crippen LogP contribution in [0.3, 0.4) is 0 Å². The van der Waals surface area contributed by atoms with Crippen molar-refractivity contribution in [3.63, 3.8) is 0 Å². The fraction of sp³-hybridized carbons (Fsp3) is 0.308. The van der Waals surface area contributed by atoms with Crippen LogP contribution in [0.1, 0.15) is 5.56 Å². The highest BCUT2D eigenvalue weighted by Gasteiger charge is 2.08. The second-order valence-electron chi connectivity index (χ2n) is 3.52. The van der Waals surface area contributed by atoms with Gasteiger partial charge in [0.15, 0.2) is 0 Å². The highest BCUT2D eigenvalue weighted by atomic mass is 32.2. The van der Waals surface area contributed by atoms with Gasteiger partial charge in [-0.25, -0.2) is 8.78 Å². The van der Waals surface area contributed by atoms with Gasteiger partial charge in [0, 0.05) is 18.4 Å². The number of hydrogen-bond acceptors (Lipinski definition) is 2. The smallest absolute Gasteiger partial charge is 0.224 e. The molecule has 1 amide bonds. The van der Waals surface area contributed by atoms with Gasteiger partial charge in [-0.3, -0.25) is 4.79 Å². The molecule has 1 aromatic rings. The van der Waals surface area contributed by atoms with Gasteiger partial charge in [0.1, 0.15) is 11.6 Å². The van der Waals surface area contributed by atoms with Crippen LogP contribution in [-0.4, -0.2) is 24.0 Å². The molecule has 18 heavy (non-hydrogen) atoms. The van der Waals surface area contributed by atoms with E-state index in [4.69, 9.17) is 6.42 Å². The van der Waals surface area contributed by atoms with Gasteiger partial charge in [0.25, 0.3) is 0 Å². The second kappa shape index (κ2) is 7.72. The minimum Gasteiger partial charge on any atom is -0.355 e. The molecule has 1 rings (SSSR count). The van der Waals surface area contributed by atoms with Gasteiger partial charge in [-0.2, -0.15) is 0 Å². The van der Waals surface area contributed by atoms with Crippen molar-refractivity contribution in [1.82, 2.24) is 5.32 Å². The molecular weight excluding hydrogens is 256 g/mol. The molecule has 0 aliphatic rings. The summed E-state index contributed by atoms with van der Waals surface area (Å²) in [6, 6.07) is 3.18. The van der Waals surface area contributed by atoms with Crippen LogP contribution in [0.2, 0.25) is 0 Å². The number of hydrogen-bond donors (Lipinski definition) is 1. The lowest BCUT2D eigenvalue weighted by molar-refractivity contribution is -0.120. The van der Waals surface area contributed by atoms with Gasteiger partial charge in [0.2, 0.25) is 5.91 Å². The van der Waals surface area contributed by atoms with Gasteiger partial charge < -0.3 is 5.32 Å². The summed E-state index contributed by atoms with van der Waals surface area (Å²) in [5.41, 5.74) is 0.185. The summed E-state index contributed by atoms with van der Waals surface area (Å²) in [5, 5.41) is 2.64. The predicted octanol–water partition coefficient (Wildman–Crippen LogP) is 1.99. The van der Waals surface area contributed by atoms with Crippen molar-refractivity contribution < 1.29 is 13.6 Å². The summed E-state index contributed by atoms with van der Waals surface area (Å²) in [5.74, 6) is 2.14. The Balaban J connectivity index is 2.34. The molecule has 96 valence electrons. The SMILES string of the molecule is C#CCSCCNC(=O)Cc1ccc(F)cc1F. The molecule has 0 atom stereocenters. The zero-order valence-electron chi connectivity index (χ0n) is 9.71. The first-order valence-electron chi connectivity index (χ1n) is 5.35. The normalized spacial score (nSPS) is 9.83. The number of benzene rings is 1. The maximum absolute atomic E-state index is 13.3. The van der Waals surface area contributed by atoms with Crippen molar-refractivity contribution in [3.05, 3.63) is 35.4 Å². The van der Waals surface area contributed by atoms with Crippen LogP contribution in [0.25, 0.3) is 0 Å². The fourth-order valence-corrected chi connectivity index (χ4v) is 1.80. The minimum absolute atomic E-state index is 0.0914. The van der Waals surface area contributed by atoms with E-state index >= 15 is 0 Å². The van der Waals surface area contributed by atoms with Gasteiger partial charge in [0.05, 0.1) is 12.2 Å². The highest BCUT2D eigenvalue weighted by molar-refractivity contribution is 7.99. The lowest BCUT2D eigenvalue weighted by Gasteiger charge is -2.05. The Kier molecular flexibility index (Phi) is 6.23. The summed E-state index contributed by atoms with van der Waals surface area (Å²) >= 11 is 1.53. The predicted molar refractivity (Wildman–Crippen MR) is 69.2 cm³/mol. The summed E-state index contributed by atoms with van der Waals surface area (Å²) < 4.78 is 25.9. The number of thioether (sulfide) groups is 1. The quantitative estimate of drug-likeness (QED) is 0.632. The van der Waals surface area contributed by atoms with Crippen LogP contribution in [-0.2, 0) is 11.2 Å². The van der Waals surface area contributed by atoms with E-state index in [9.17, 15) is 13.6 Å². The van der Waals surface area contributed by atoms with Crippen LogP contribution < -0.4 is 5.32 Å². The maximum atomic E-state index is 13.3. The number of halogens is 2. The number of carbonyl (C=O) groups is 1. The Bertz CT molecular complexity index is 457. The maximum Gasteiger partial charge on any atom is 0.224 e. The number of rotatable bonds is 6. The van der Waals surface area contributed by atoms with E-state index in [1.54, 1.807) is 0 Å². The number of terminal acetylenes is 1. The third-order valence-electron chi connectivity index (χ3n) is 2.12. The zero-order chi connectivity index (χ0) is 13.4. The third kappa shape index (κ3) is 5.19. The first-order valence-corrected chi connectivity index (χ1v) is 6.51. The monoisotopic (exact) mass is 269 g/mol. The van der Waals surface area contributed by atoms with Gasteiger partial charge in [-0.15, -0.1) is 18.2 Å². The second-order valence-corrected chi connectivity index (χ2v) is 4.62. The fourth-order valence-electron chi connectivity index (χ4n) is 1.29. The van der Waals surface area contributed by atoms with Crippen LogP contribution in [0.15, 0.2) is 18.2 Å². The average Bonchev–Trinajstić information content (AvgIpc) is 2.32. The van der Waals surface area contributed by atoms with Crippen LogP contribution >= 0.6 is 11.8 Å². The van der Waals surface area contributed by atoms with Crippen LogP contribution in [0, 0.1) is 24.0 Å². The summed E-state index contributed by atoms with van der Waals surface area (Å²) in [4.78, 5) is 11.5. The van der Waals surface area contributed by atoms with E-state index in [0.717, 1.165) is 12.1 Å². The van der Waals surface area contributed by atoms with E-state index in [1.807, 2.05) is 0 Å². The molecule has 1 aromatic carbocycles. The summed E-state index contributed by atoms with van der Waals surface area (Å²) in [7, 11) is 0. The molecule has 0 saturated heterocycles. The first kappa shape index (κ1) is 14.5. The number of nitrogens with one attached hydrogen (secondary N) is 1. The topological polar surface area (TPSA) is 29.1 Å². The van der Waals surface area contributed by atoms with E-state index < -0.39 is 11.6 Å². The van der Waals surface area contributed by atoms with E-state index in [1.165, 1.54) is 17.8 Å². The van der Waals surface area contributed by atoms with Crippen molar-refractivity contribution in [1.29, 1.82) is 0 Å². The van der Waals surface area contributed by atoms with Crippen LogP contribution in [0.5, 0.6) is 0 Å². The lowest BCUT2D eigenvalue weighted by Crippen LogP contribution is -2.27. The van der Waals surface area contributed by atoms with E-state index in [-0.39, 0.29) is 17.9 Å².